The van der Waals surface area contributed by atoms with Gasteiger partial charge in [0.05, 0.1) is 12.5 Å². The summed E-state index contributed by atoms with van der Waals surface area (Å²) in [5.74, 6) is 0.872. The van der Waals surface area contributed by atoms with Gasteiger partial charge in [0, 0.05) is 5.75 Å². The van der Waals surface area contributed by atoms with Crippen LogP contribution in [0.15, 0.2) is 0 Å². The Morgan fingerprint density at radius 2 is 2.00 bits per heavy atom. The average molecular weight is 189 g/mol. The van der Waals surface area contributed by atoms with Gasteiger partial charge in [-0.1, -0.05) is 33.4 Å². The first-order valence-corrected chi connectivity index (χ1v) is 4.90. The Kier molecular flexibility index (Phi) is 6.25. The van der Waals surface area contributed by atoms with Crippen LogP contribution in [0.4, 0.5) is 0 Å². The Balaban J connectivity index is 3.57. The number of carbonyl (C=O) groups is 1. The van der Waals surface area contributed by atoms with E-state index in [2.05, 4.69) is 0 Å². The van der Waals surface area contributed by atoms with E-state index in [9.17, 15) is 4.79 Å². The van der Waals surface area contributed by atoms with Gasteiger partial charge in [-0.05, 0) is 12.3 Å². The minimum atomic E-state index is -0.117. The van der Waals surface area contributed by atoms with Crippen molar-refractivity contribution >= 4 is 18.6 Å². The zero-order valence-electron chi connectivity index (χ0n) is 8.00. The molecule has 0 aliphatic heterocycles. The Labute approximate surface area is 80.1 Å². The molecule has 0 aliphatic carbocycles. The van der Waals surface area contributed by atoms with Crippen LogP contribution in [0.2, 0.25) is 0 Å². The van der Waals surface area contributed by atoms with E-state index in [0.29, 0.717) is 18.3 Å². The number of esters is 1. The van der Waals surface area contributed by atoms with Crippen LogP contribution in [0.5, 0.6) is 0 Å². The van der Waals surface area contributed by atoms with E-state index >= 15 is 0 Å². The van der Waals surface area contributed by atoms with Gasteiger partial charge in [-0.15, -0.1) is 0 Å². The van der Waals surface area contributed by atoms with Crippen LogP contribution in [0.1, 0.15) is 27.2 Å². The molecule has 0 N–H and O–H groups in total. The third kappa shape index (κ3) is 5.47. The van der Waals surface area contributed by atoms with Gasteiger partial charge in [0.1, 0.15) is 0 Å². The lowest BCUT2D eigenvalue weighted by Crippen LogP contribution is -2.17. The zero-order valence-corrected chi connectivity index (χ0v) is 8.82. The Bertz CT molecular complexity index is 134. The highest BCUT2D eigenvalue weighted by atomic mass is 32.1. The van der Waals surface area contributed by atoms with Crippen molar-refractivity contribution in [3.05, 3.63) is 0 Å². The topological polar surface area (TPSA) is 26.3 Å². The van der Waals surface area contributed by atoms with Crippen LogP contribution in [0, 0.1) is 11.8 Å². The van der Waals surface area contributed by atoms with E-state index in [4.69, 9.17) is 17.4 Å². The third-order valence-corrected chi connectivity index (χ3v) is 1.75. The minimum absolute atomic E-state index is 0.0405. The molecule has 0 spiro atoms. The largest absolute Gasteiger partial charge is 0.465 e. The third-order valence-electron chi connectivity index (χ3n) is 1.51. The molecule has 0 bridgehead atoms. The van der Waals surface area contributed by atoms with Crippen LogP contribution in [-0.2, 0) is 9.53 Å². The highest BCUT2D eigenvalue weighted by Gasteiger charge is 2.13. The molecule has 0 amide bonds. The normalized spacial score (nSPS) is 13.1. The van der Waals surface area contributed by atoms with Gasteiger partial charge >= 0.3 is 5.97 Å². The smallest absolute Gasteiger partial charge is 0.308 e. The molecule has 0 saturated heterocycles. The van der Waals surface area contributed by atoms with Crippen LogP contribution >= 0.6 is 12.6 Å². The second kappa shape index (κ2) is 6.35. The summed E-state index contributed by atoms with van der Waals surface area (Å²) in [6.45, 7) is 6.41. The Hall–Kier alpha value is -0.180. The van der Waals surface area contributed by atoms with E-state index < -0.39 is 0 Å². The maximum absolute atomic E-state index is 11.2. The highest BCUT2D eigenvalue weighted by Crippen LogP contribution is 2.06. The van der Waals surface area contributed by atoms with Crippen molar-refractivity contribution in [2.45, 2.75) is 27.2 Å². The van der Waals surface area contributed by atoms with Crippen LogP contribution in [-0.4, -0.2) is 18.3 Å². The summed E-state index contributed by atoms with van der Waals surface area (Å²) in [6.07, 6.45) is 0.742. The predicted octanol–water partition coefficient (Wildman–Crippen LogP) is 2.41. The molecule has 1 atom stereocenters. The molecule has 0 aromatic heterocycles. The standard InChI is InChI=1S/C9H17O2S/c1-7(2)6-11-9(10)8(3)4-5-12/h7-8H,4-6H2,1-3H3. The summed E-state index contributed by atoms with van der Waals surface area (Å²) in [5.41, 5.74) is 0. The quantitative estimate of drug-likeness (QED) is 0.621. The van der Waals surface area contributed by atoms with Gasteiger partial charge in [-0.3, -0.25) is 4.79 Å². The van der Waals surface area contributed by atoms with E-state index in [1.807, 2.05) is 20.8 Å². The van der Waals surface area contributed by atoms with Crippen LogP contribution in [0.25, 0.3) is 0 Å². The van der Waals surface area contributed by atoms with E-state index in [1.54, 1.807) is 0 Å². The minimum Gasteiger partial charge on any atom is -0.465 e. The number of hydrogen-bond acceptors (Lipinski definition) is 2. The molecule has 12 heavy (non-hydrogen) atoms. The van der Waals surface area contributed by atoms with E-state index in [1.165, 1.54) is 0 Å². The molecule has 0 heterocycles. The fourth-order valence-electron chi connectivity index (χ4n) is 0.686. The fourth-order valence-corrected chi connectivity index (χ4v) is 1.04. The van der Waals surface area contributed by atoms with Gasteiger partial charge in [-0.25, -0.2) is 0 Å². The van der Waals surface area contributed by atoms with Crippen molar-refractivity contribution in [1.29, 1.82) is 0 Å². The van der Waals surface area contributed by atoms with Crippen LogP contribution < -0.4 is 0 Å². The summed E-state index contributed by atoms with van der Waals surface area (Å²) in [4.78, 5) is 11.2. The van der Waals surface area contributed by atoms with Crippen molar-refractivity contribution < 1.29 is 9.53 Å². The maximum atomic E-state index is 11.2. The van der Waals surface area contributed by atoms with Crippen molar-refractivity contribution in [2.24, 2.45) is 11.8 Å². The summed E-state index contributed by atoms with van der Waals surface area (Å²) in [6, 6.07) is 0. The molecule has 0 aliphatic rings. The molecule has 0 aromatic carbocycles. The average Bonchev–Trinajstić information content (AvgIpc) is 2.00. The SMILES string of the molecule is CC(C)COC(=O)C(C)CC[S]. The van der Waals surface area contributed by atoms with Crippen molar-refractivity contribution in [3.8, 4) is 0 Å². The fraction of sp³-hybridized carbons (Fsp3) is 0.889. The molecule has 0 aromatic rings. The lowest BCUT2D eigenvalue weighted by atomic mass is 10.1. The summed E-state index contributed by atoms with van der Waals surface area (Å²) < 4.78 is 5.03. The lowest BCUT2D eigenvalue weighted by molar-refractivity contribution is -0.149. The molecule has 71 valence electrons. The second-order valence-electron chi connectivity index (χ2n) is 3.42. The molecular weight excluding hydrogens is 172 g/mol. The number of ether oxygens (including phenoxy) is 1. The molecule has 0 fully saturated rings. The summed E-state index contributed by atoms with van der Waals surface area (Å²) >= 11 is 4.78. The molecule has 2 nitrogen and oxygen atoms in total. The Morgan fingerprint density at radius 1 is 1.42 bits per heavy atom. The van der Waals surface area contributed by atoms with Gasteiger partial charge in [0.2, 0.25) is 0 Å². The van der Waals surface area contributed by atoms with Crippen LogP contribution in [0.3, 0.4) is 0 Å². The van der Waals surface area contributed by atoms with Gasteiger partial charge in [-0.2, -0.15) is 0 Å². The maximum Gasteiger partial charge on any atom is 0.308 e. The second-order valence-corrected chi connectivity index (χ2v) is 3.83. The highest BCUT2D eigenvalue weighted by molar-refractivity contribution is 7.80. The molecule has 0 saturated carbocycles. The molecule has 3 heteroatoms. The van der Waals surface area contributed by atoms with Crippen molar-refractivity contribution in [2.75, 3.05) is 12.4 Å². The monoisotopic (exact) mass is 189 g/mol. The summed E-state index contributed by atoms with van der Waals surface area (Å²) in [5, 5.41) is 0. The van der Waals surface area contributed by atoms with Gasteiger partial charge in [0.15, 0.2) is 0 Å². The van der Waals surface area contributed by atoms with E-state index in [0.717, 1.165) is 6.42 Å². The summed E-state index contributed by atoms with van der Waals surface area (Å²) in [7, 11) is 0. The molecule has 1 unspecified atom stereocenters. The van der Waals surface area contributed by atoms with Gasteiger partial charge < -0.3 is 4.74 Å². The van der Waals surface area contributed by atoms with Crippen molar-refractivity contribution in [3.63, 3.8) is 0 Å². The molecular formula is C9H17O2S. The molecule has 0 rings (SSSR count). The molecule has 1 radical (unpaired) electrons. The van der Waals surface area contributed by atoms with Gasteiger partial charge in [0.25, 0.3) is 0 Å². The zero-order chi connectivity index (χ0) is 9.56. The Morgan fingerprint density at radius 3 is 2.42 bits per heavy atom. The van der Waals surface area contributed by atoms with E-state index in [-0.39, 0.29) is 11.9 Å². The van der Waals surface area contributed by atoms with Crippen molar-refractivity contribution in [1.82, 2.24) is 0 Å². The first-order chi connectivity index (χ1) is 5.57. The first-order valence-electron chi connectivity index (χ1n) is 4.32. The predicted molar refractivity (Wildman–Crippen MR) is 52.0 cm³/mol. The number of rotatable bonds is 5. The lowest BCUT2D eigenvalue weighted by Gasteiger charge is -2.11. The first kappa shape index (κ1) is 11.8. The number of hydrogen-bond donors (Lipinski definition) is 0. The number of carbonyl (C=O) groups excluding carboxylic acids is 1.